The van der Waals surface area contributed by atoms with Crippen LogP contribution in [0.1, 0.15) is 24.2 Å². The van der Waals surface area contributed by atoms with Crippen LogP contribution >= 0.6 is 0 Å². The van der Waals surface area contributed by atoms with E-state index in [0.29, 0.717) is 19.3 Å². The first-order valence-electron chi connectivity index (χ1n) is 6.42. The molecule has 0 bridgehead atoms. The number of aryl methyl sites for hydroxylation is 1. The molecule has 2 aromatic rings. The molecule has 19 heavy (non-hydrogen) atoms. The molecule has 0 aliphatic heterocycles. The summed E-state index contributed by atoms with van der Waals surface area (Å²) in [7, 11) is 1.91. The average Bonchev–Trinajstić information content (AvgIpc) is 2.72. The molecule has 2 N–H and O–H groups in total. The first-order valence-corrected chi connectivity index (χ1v) is 6.42. The Labute approximate surface area is 111 Å². The number of anilines is 1. The molecule has 1 heterocycles. The van der Waals surface area contributed by atoms with E-state index in [1.54, 1.807) is 6.33 Å². The zero-order valence-electron chi connectivity index (χ0n) is 10.9. The number of hydrogen-bond acceptors (Lipinski definition) is 3. The van der Waals surface area contributed by atoms with Gasteiger partial charge in [0.2, 0.25) is 0 Å². The Morgan fingerprint density at radius 1 is 1.47 bits per heavy atom. The van der Waals surface area contributed by atoms with Gasteiger partial charge >= 0.3 is 0 Å². The third kappa shape index (κ3) is 2.09. The lowest BCUT2D eigenvalue weighted by Crippen LogP contribution is -2.45. The van der Waals surface area contributed by atoms with Crippen molar-refractivity contribution < 1.29 is 4.39 Å². The molecule has 100 valence electrons. The minimum atomic E-state index is -0.727. The molecule has 1 saturated carbocycles. The van der Waals surface area contributed by atoms with E-state index in [2.05, 4.69) is 10.2 Å². The fraction of sp³-hybridized carbons (Fsp3) is 0.429. The first-order chi connectivity index (χ1) is 9.09. The second-order valence-corrected chi connectivity index (χ2v) is 5.45. The highest BCUT2D eigenvalue weighted by molar-refractivity contribution is 5.45. The molecule has 3 rings (SSSR count). The highest BCUT2D eigenvalue weighted by Crippen LogP contribution is 2.47. The molecule has 1 aromatic carbocycles. The summed E-state index contributed by atoms with van der Waals surface area (Å²) in [6, 6.07) is 7.75. The quantitative estimate of drug-likeness (QED) is 0.859. The molecule has 5 heteroatoms. The summed E-state index contributed by atoms with van der Waals surface area (Å²) in [5, 5.41) is 8.00. The number of rotatable bonds is 3. The van der Waals surface area contributed by atoms with Gasteiger partial charge in [0.25, 0.3) is 0 Å². The Morgan fingerprint density at radius 2 is 2.26 bits per heavy atom. The number of alkyl halides is 1. The predicted molar refractivity (Wildman–Crippen MR) is 71.4 cm³/mol. The van der Waals surface area contributed by atoms with Gasteiger partial charge in [-0.25, -0.2) is 4.39 Å². The fourth-order valence-corrected chi connectivity index (χ4v) is 2.91. The second-order valence-electron chi connectivity index (χ2n) is 5.45. The van der Waals surface area contributed by atoms with Gasteiger partial charge in [0, 0.05) is 24.6 Å². The van der Waals surface area contributed by atoms with Gasteiger partial charge in [0.15, 0.2) is 0 Å². The lowest BCUT2D eigenvalue weighted by atomic mass is 9.61. The molecule has 1 aliphatic carbocycles. The number of hydrogen-bond donors (Lipinski definition) is 1. The van der Waals surface area contributed by atoms with Crippen LogP contribution in [0, 0.1) is 0 Å². The molecule has 1 aromatic heterocycles. The Balaban J connectivity index is 1.94. The van der Waals surface area contributed by atoms with Crippen molar-refractivity contribution in [2.75, 3.05) is 5.73 Å². The van der Waals surface area contributed by atoms with E-state index < -0.39 is 6.17 Å². The van der Waals surface area contributed by atoms with Gasteiger partial charge < -0.3 is 10.3 Å². The van der Waals surface area contributed by atoms with E-state index in [9.17, 15) is 4.39 Å². The lowest BCUT2D eigenvalue weighted by molar-refractivity contribution is 0.0911. The summed E-state index contributed by atoms with van der Waals surface area (Å²) in [5.41, 5.74) is 7.48. The number of aromatic nitrogens is 3. The highest BCUT2D eigenvalue weighted by atomic mass is 19.1. The molecule has 0 amide bonds. The molecule has 0 atom stereocenters. The molecule has 0 spiro atoms. The standard InChI is InChI=1S/C14H17FN4/c1-19-9-17-18-13(19)8-14(6-11(15)7-14)10-3-2-4-12(16)5-10/h2-5,9,11H,6-8,16H2,1H3. The van der Waals surface area contributed by atoms with Gasteiger partial charge in [-0.1, -0.05) is 12.1 Å². The van der Waals surface area contributed by atoms with Crippen LogP contribution in [0.2, 0.25) is 0 Å². The van der Waals surface area contributed by atoms with Crippen LogP contribution in [0.3, 0.4) is 0 Å². The molecule has 0 radical (unpaired) electrons. The molecule has 0 unspecified atom stereocenters. The van der Waals surface area contributed by atoms with Crippen molar-refractivity contribution >= 4 is 5.69 Å². The van der Waals surface area contributed by atoms with Gasteiger partial charge in [0.1, 0.15) is 18.3 Å². The molecule has 4 nitrogen and oxygen atoms in total. The number of nitrogens with zero attached hydrogens (tertiary/aromatic N) is 3. The van der Waals surface area contributed by atoms with E-state index in [1.807, 2.05) is 35.9 Å². The van der Waals surface area contributed by atoms with Crippen molar-refractivity contribution in [1.82, 2.24) is 14.8 Å². The van der Waals surface area contributed by atoms with Crippen LogP contribution in [0.25, 0.3) is 0 Å². The monoisotopic (exact) mass is 260 g/mol. The minimum absolute atomic E-state index is 0.185. The maximum absolute atomic E-state index is 13.5. The summed E-state index contributed by atoms with van der Waals surface area (Å²) < 4.78 is 15.3. The normalized spacial score (nSPS) is 26.1. The van der Waals surface area contributed by atoms with E-state index in [4.69, 9.17) is 5.73 Å². The molecular formula is C14H17FN4. The number of benzene rings is 1. The van der Waals surface area contributed by atoms with Crippen molar-refractivity contribution in [2.24, 2.45) is 7.05 Å². The second kappa shape index (κ2) is 4.33. The van der Waals surface area contributed by atoms with E-state index in [1.165, 1.54) is 0 Å². The molecule has 1 aliphatic rings. The molecule has 1 fully saturated rings. The zero-order chi connectivity index (χ0) is 13.5. The lowest BCUT2D eigenvalue weighted by Gasteiger charge is -2.44. The topological polar surface area (TPSA) is 56.7 Å². The summed E-state index contributed by atoms with van der Waals surface area (Å²) in [6.07, 6.45) is 2.71. The Kier molecular flexibility index (Phi) is 2.77. The Bertz CT molecular complexity index is 587. The van der Waals surface area contributed by atoms with Gasteiger partial charge in [-0.05, 0) is 30.5 Å². The van der Waals surface area contributed by atoms with Gasteiger partial charge in [-0.3, -0.25) is 0 Å². The summed E-state index contributed by atoms with van der Waals surface area (Å²) >= 11 is 0. The fourth-order valence-electron chi connectivity index (χ4n) is 2.91. The van der Waals surface area contributed by atoms with Crippen LogP contribution in [-0.2, 0) is 18.9 Å². The van der Waals surface area contributed by atoms with E-state index in [0.717, 1.165) is 17.1 Å². The number of nitrogen functional groups attached to an aromatic ring is 1. The van der Waals surface area contributed by atoms with E-state index in [-0.39, 0.29) is 5.41 Å². The summed E-state index contributed by atoms with van der Waals surface area (Å²) in [4.78, 5) is 0. The maximum atomic E-state index is 13.5. The van der Waals surface area contributed by atoms with Crippen molar-refractivity contribution in [3.63, 3.8) is 0 Å². The van der Waals surface area contributed by atoms with Crippen LogP contribution in [0.15, 0.2) is 30.6 Å². The highest BCUT2D eigenvalue weighted by Gasteiger charge is 2.46. The van der Waals surface area contributed by atoms with Crippen LogP contribution in [0.4, 0.5) is 10.1 Å². The third-order valence-corrected chi connectivity index (χ3v) is 4.03. The largest absolute Gasteiger partial charge is 0.399 e. The predicted octanol–water partition coefficient (Wildman–Crippen LogP) is 2.01. The smallest absolute Gasteiger partial charge is 0.133 e. The van der Waals surface area contributed by atoms with Crippen LogP contribution in [-0.4, -0.2) is 20.9 Å². The van der Waals surface area contributed by atoms with Crippen molar-refractivity contribution in [3.8, 4) is 0 Å². The molecular weight excluding hydrogens is 243 g/mol. The van der Waals surface area contributed by atoms with E-state index >= 15 is 0 Å². The van der Waals surface area contributed by atoms with Crippen LogP contribution < -0.4 is 5.73 Å². The van der Waals surface area contributed by atoms with Crippen molar-refractivity contribution in [1.29, 1.82) is 0 Å². The minimum Gasteiger partial charge on any atom is -0.399 e. The zero-order valence-corrected chi connectivity index (χ0v) is 10.9. The van der Waals surface area contributed by atoms with Gasteiger partial charge in [-0.2, -0.15) is 0 Å². The third-order valence-electron chi connectivity index (χ3n) is 4.03. The Morgan fingerprint density at radius 3 is 2.84 bits per heavy atom. The number of nitrogens with two attached hydrogens (primary N) is 1. The van der Waals surface area contributed by atoms with Crippen LogP contribution in [0.5, 0.6) is 0 Å². The summed E-state index contributed by atoms with van der Waals surface area (Å²) in [6.45, 7) is 0. The Hall–Kier alpha value is -1.91. The van der Waals surface area contributed by atoms with Crippen molar-refractivity contribution in [2.45, 2.75) is 30.8 Å². The van der Waals surface area contributed by atoms with Gasteiger partial charge in [0.05, 0.1) is 0 Å². The average molecular weight is 260 g/mol. The van der Waals surface area contributed by atoms with Crippen molar-refractivity contribution in [3.05, 3.63) is 42.0 Å². The SMILES string of the molecule is Cn1cnnc1CC1(c2cccc(N)c2)CC(F)C1. The summed E-state index contributed by atoms with van der Waals surface area (Å²) in [5.74, 6) is 0.884. The maximum Gasteiger partial charge on any atom is 0.133 e. The first kappa shape index (κ1) is 12.1. The number of halogens is 1. The van der Waals surface area contributed by atoms with Gasteiger partial charge in [-0.15, -0.1) is 10.2 Å². The molecule has 0 saturated heterocycles.